The second-order valence-electron chi connectivity index (χ2n) is 12.4. The van der Waals surface area contributed by atoms with Crippen molar-refractivity contribution in [3.05, 3.63) is 151 Å². The molecule has 0 radical (unpaired) electrons. The van der Waals surface area contributed by atoms with Crippen LogP contribution in [0.4, 0.5) is 0 Å². The molecule has 1 aromatic heterocycles. The van der Waals surface area contributed by atoms with Crippen LogP contribution in [0, 0.1) is 0 Å². The fourth-order valence-electron chi connectivity index (χ4n) is 6.90. The smallest absolute Gasteiger partial charge is 0.178 e. The van der Waals surface area contributed by atoms with E-state index >= 15 is 0 Å². The predicted octanol–water partition coefficient (Wildman–Crippen LogP) is 10.7. The summed E-state index contributed by atoms with van der Waals surface area (Å²) in [4.78, 5) is 14.9. The Morgan fingerprint density at radius 2 is 0.957 bits per heavy atom. The highest BCUT2D eigenvalue weighted by molar-refractivity contribution is 5.90. The molecule has 0 N–H and O–H groups in total. The van der Waals surface area contributed by atoms with E-state index in [2.05, 4.69) is 62.4 Å². The zero-order valence-corrected chi connectivity index (χ0v) is 25.9. The first-order valence-corrected chi connectivity index (χ1v) is 15.8. The number of benzene rings is 6. The van der Waals surface area contributed by atoms with E-state index in [1.165, 1.54) is 16.7 Å². The van der Waals surface area contributed by atoms with Crippen LogP contribution in [0.1, 0.15) is 25.0 Å². The van der Waals surface area contributed by atoms with Gasteiger partial charge < -0.3 is 9.47 Å². The summed E-state index contributed by atoms with van der Waals surface area (Å²) in [6.45, 7) is 4.54. The van der Waals surface area contributed by atoms with Crippen molar-refractivity contribution in [1.82, 2.24) is 15.0 Å². The monoisotopic (exact) mass is 607 g/mol. The lowest BCUT2D eigenvalue weighted by Gasteiger charge is -2.26. The van der Waals surface area contributed by atoms with Gasteiger partial charge in [-0.15, -0.1) is 0 Å². The average Bonchev–Trinajstić information content (AvgIpc) is 3.37. The van der Waals surface area contributed by atoms with E-state index in [1.54, 1.807) is 0 Å². The number of ether oxygens (including phenoxy) is 2. The molecule has 5 heteroatoms. The van der Waals surface area contributed by atoms with Crippen molar-refractivity contribution >= 4 is 0 Å². The maximum absolute atomic E-state index is 6.95. The van der Waals surface area contributed by atoms with Crippen LogP contribution in [-0.2, 0) is 5.41 Å². The van der Waals surface area contributed by atoms with Gasteiger partial charge in [0.05, 0.1) is 0 Å². The molecule has 0 saturated carbocycles. The molecule has 0 bridgehead atoms. The normalized spacial score (nSPS) is 13.4. The van der Waals surface area contributed by atoms with Gasteiger partial charge in [0, 0.05) is 33.2 Å². The topological polar surface area (TPSA) is 57.1 Å². The third-order valence-electron chi connectivity index (χ3n) is 9.23. The van der Waals surface area contributed by atoms with Gasteiger partial charge in [-0.25, -0.2) is 15.0 Å². The highest BCUT2D eigenvalue weighted by atomic mass is 16.6. The van der Waals surface area contributed by atoms with Gasteiger partial charge in [0.1, 0.15) is 0 Å². The van der Waals surface area contributed by atoms with Crippen LogP contribution < -0.4 is 9.47 Å². The molecule has 47 heavy (non-hydrogen) atoms. The van der Waals surface area contributed by atoms with Gasteiger partial charge in [-0.1, -0.05) is 141 Å². The fraction of sp³-hybridized carbons (Fsp3) is 0.0714. The maximum Gasteiger partial charge on any atom is 0.178 e. The van der Waals surface area contributed by atoms with Gasteiger partial charge in [0.2, 0.25) is 0 Å². The first-order valence-electron chi connectivity index (χ1n) is 15.8. The highest BCUT2D eigenvalue weighted by Crippen LogP contribution is 2.59. The number of para-hydroxylation sites is 1. The number of aromatic nitrogens is 3. The summed E-state index contributed by atoms with van der Waals surface area (Å²) >= 11 is 0. The lowest BCUT2D eigenvalue weighted by Crippen LogP contribution is -2.15. The Morgan fingerprint density at radius 1 is 0.404 bits per heavy atom. The zero-order valence-electron chi connectivity index (χ0n) is 25.9. The van der Waals surface area contributed by atoms with E-state index < -0.39 is 0 Å². The molecule has 0 saturated heterocycles. The fourth-order valence-corrected chi connectivity index (χ4v) is 6.90. The second kappa shape index (κ2) is 10.5. The van der Waals surface area contributed by atoms with E-state index in [4.69, 9.17) is 24.4 Å². The highest BCUT2D eigenvalue weighted by Gasteiger charge is 2.40. The number of nitrogens with zero attached hydrogens (tertiary/aromatic N) is 3. The van der Waals surface area contributed by atoms with Crippen LogP contribution in [0.25, 0.3) is 56.4 Å². The molecule has 2 aliphatic rings. The molecule has 0 spiro atoms. The van der Waals surface area contributed by atoms with Crippen molar-refractivity contribution < 1.29 is 9.47 Å². The van der Waals surface area contributed by atoms with Gasteiger partial charge in [-0.3, -0.25) is 0 Å². The van der Waals surface area contributed by atoms with Gasteiger partial charge in [0.15, 0.2) is 40.5 Å². The van der Waals surface area contributed by atoms with Crippen molar-refractivity contribution in [3.63, 3.8) is 0 Å². The van der Waals surface area contributed by atoms with E-state index in [0.717, 1.165) is 39.1 Å². The van der Waals surface area contributed by atoms with E-state index in [1.807, 2.05) is 91.0 Å². The maximum atomic E-state index is 6.95. The summed E-state index contributed by atoms with van der Waals surface area (Å²) in [6, 6.07) is 47.1. The summed E-state index contributed by atoms with van der Waals surface area (Å²) < 4.78 is 13.5. The van der Waals surface area contributed by atoms with E-state index in [9.17, 15) is 0 Å². The van der Waals surface area contributed by atoms with Gasteiger partial charge in [0.25, 0.3) is 0 Å². The molecule has 9 rings (SSSR count). The Morgan fingerprint density at radius 3 is 1.66 bits per heavy atom. The minimum absolute atomic E-state index is 0.150. The van der Waals surface area contributed by atoms with Crippen LogP contribution in [-0.4, -0.2) is 15.0 Å². The van der Waals surface area contributed by atoms with Gasteiger partial charge in [-0.05, 0) is 34.4 Å². The van der Waals surface area contributed by atoms with Crippen molar-refractivity contribution in [2.75, 3.05) is 0 Å². The Labute approximate surface area is 273 Å². The van der Waals surface area contributed by atoms with Gasteiger partial charge >= 0.3 is 0 Å². The van der Waals surface area contributed by atoms with Gasteiger partial charge in [-0.2, -0.15) is 0 Å². The van der Waals surface area contributed by atoms with E-state index in [0.29, 0.717) is 34.7 Å². The van der Waals surface area contributed by atoms with Crippen LogP contribution in [0.15, 0.2) is 140 Å². The lowest BCUT2D eigenvalue weighted by molar-refractivity contribution is 0.361. The van der Waals surface area contributed by atoms with Crippen LogP contribution in [0.2, 0.25) is 0 Å². The predicted molar refractivity (Wildman–Crippen MR) is 186 cm³/mol. The second-order valence-corrected chi connectivity index (χ2v) is 12.4. The molecule has 0 atom stereocenters. The summed E-state index contributed by atoms with van der Waals surface area (Å²) in [5, 5.41) is 0. The molecule has 0 fully saturated rings. The summed E-state index contributed by atoms with van der Waals surface area (Å²) in [5.74, 6) is 4.61. The molecule has 1 aliphatic carbocycles. The number of fused-ring (bicyclic) bond motifs is 6. The lowest BCUT2D eigenvalue weighted by atomic mass is 9.82. The number of hydrogen-bond donors (Lipinski definition) is 0. The molecule has 7 aromatic rings. The molecular formula is C42H29N3O2. The molecule has 0 unspecified atom stereocenters. The van der Waals surface area contributed by atoms with Crippen LogP contribution in [0.3, 0.4) is 0 Å². The number of rotatable bonds is 4. The van der Waals surface area contributed by atoms with Crippen LogP contribution in [0.5, 0.6) is 23.0 Å². The van der Waals surface area contributed by atoms with Crippen molar-refractivity contribution in [3.8, 4) is 79.4 Å². The Bertz CT molecular complexity index is 2270. The minimum atomic E-state index is -0.150. The first kappa shape index (κ1) is 27.3. The SMILES string of the molecule is CC1(C)c2ccccc2-c2c1ccc1c2Oc2c(cccc2-c2ccccc2-c2nc(-c3ccccc3)nc(-c3ccccc3)n2)O1. The number of hydrogen-bond acceptors (Lipinski definition) is 5. The average molecular weight is 608 g/mol. The Hall–Kier alpha value is -6.07. The summed E-state index contributed by atoms with van der Waals surface area (Å²) in [5.41, 5.74) is 9.20. The van der Waals surface area contributed by atoms with Crippen molar-refractivity contribution in [2.24, 2.45) is 0 Å². The molecule has 0 amide bonds. The third kappa shape index (κ3) is 4.35. The molecule has 5 nitrogen and oxygen atoms in total. The third-order valence-corrected chi connectivity index (χ3v) is 9.23. The Kier molecular flexibility index (Phi) is 6.09. The standard InChI is InChI=1S/C42H29N3O2/c1-42(2)32-22-12-11-20-31(32)36-33(42)24-25-35-38(36)47-37-29(21-13-23-34(37)46-35)28-18-9-10-19-30(28)41-44-39(26-14-5-3-6-15-26)43-40(45-41)27-16-7-4-8-17-27/h3-25H,1-2H3. The molecule has 2 heterocycles. The van der Waals surface area contributed by atoms with Crippen molar-refractivity contribution in [1.29, 1.82) is 0 Å². The van der Waals surface area contributed by atoms with Crippen LogP contribution >= 0.6 is 0 Å². The van der Waals surface area contributed by atoms with Crippen molar-refractivity contribution in [2.45, 2.75) is 19.3 Å². The van der Waals surface area contributed by atoms with E-state index in [-0.39, 0.29) is 5.41 Å². The minimum Gasteiger partial charge on any atom is -0.449 e. The zero-order chi connectivity index (χ0) is 31.5. The Balaban J connectivity index is 1.21. The summed E-state index contributed by atoms with van der Waals surface area (Å²) in [7, 11) is 0. The first-order chi connectivity index (χ1) is 23.1. The molecular weight excluding hydrogens is 578 g/mol. The largest absolute Gasteiger partial charge is 0.449 e. The molecule has 224 valence electrons. The summed E-state index contributed by atoms with van der Waals surface area (Å²) in [6.07, 6.45) is 0. The molecule has 6 aromatic carbocycles. The quantitative estimate of drug-likeness (QED) is 0.199. The molecule has 1 aliphatic heterocycles.